The molecule has 7 nitrogen and oxygen atoms in total. The molecule has 0 aliphatic carbocycles. The van der Waals surface area contributed by atoms with Crippen molar-refractivity contribution in [1.82, 2.24) is 5.32 Å². The maximum atomic E-state index is 12.6. The Morgan fingerprint density at radius 1 is 1.00 bits per heavy atom. The minimum absolute atomic E-state index is 0.183. The molecule has 1 aromatic rings. The number of hydrogen-bond acceptors (Lipinski definition) is 6. The second kappa shape index (κ2) is 11.1. The smallest absolute Gasteiger partial charge is 0.335 e. The number of benzene rings is 1. The van der Waals surface area contributed by atoms with Crippen molar-refractivity contribution in [2.75, 3.05) is 19.8 Å². The van der Waals surface area contributed by atoms with Gasteiger partial charge in [-0.1, -0.05) is 24.3 Å². The number of nitrogens with one attached hydrogen (secondary N) is 1. The van der Waals surface area contributed by atoms with Gasteiger partial charge in [-0.3, -0.25) is 9.36 Å². The standard InChI is InChI=1S/C18H28NO6P/c1-5-23-18(21)17(19-14(4)20)12-15-8-10-16(11-9-15)13-26(22,24-6-2)25-7-3/h8-11,17H,5-7,12-13H2,1-4H3,(H,19,20)/t17-/m1/s1. The molecule has 1 rings (SSSR count). The van der Waals surface area contributed by atoms with Crippen LogP contribution in [0.3, 0.4) is 0 Å². The van der Waals surface area contributed by atoms with Gasteiger partial charge in [-0.15, -0.1) is 0 Å². The fraction of sp³-hybridized carbons (Fsp3) is 0.556. The van der Waals surface area contributed by atoms with Crippen molar-refractivity contribution in [3.05, 3.63) is 35.4 Å². The van der Waals surface area contributed by atoms with Gasteiger partial charge in [0.15, 0.2) is 0 Å². The zero-order chi connectivity index (χ0) is 19.6. The average molecular weight is 385 g/mol. The minimum Gasteiger partial charge on any atom is -0.464 e. The Morgan fingerprint density at radius 3 is 2.00 bits per heavy atom. The second-order valence-electron chi connectivity index (χ2n) is 5.63. The van der Waals surface area contributed by atoms with Crippen molar-refractivity contribution < 1.29 is 27.9 Å². The van der Waals surface area contributed by atoms with E-state index < -0.39 is 19.6 Å². The van der Waals surface area contributed by atoms with E-state index in [4.69, 9.17) is 13.8 Å². The van der Waals surface area contributed by atoms with E-state index in [9.17, 15) is 14.2 Å². The van der Waals surface area contributed by atoms with Crippen LogP contribution in [-0.4, -0.2) is 37.7 Å². The molecule has 1 aromatic carbocycles. The summed E-state index contributed by atoms with van der Waals surface area (Å²) >= 11 is 0. The number of carbonyl (C=O) groups excluding carboxylic acids is 2. The first kappa shape index (κ1) is 22.4. The van der Waals surface area contributed by atoms with E-state index in [1.807, 2.05) is 24.3 Å². The molecule has 1 N–H and O–H groups in total. The molecular formula is C18H28NO6P. The molecular weight excluding hydrogens is 357 g/mol. The van der Waals surface area contributed by atoms with E-state index in [0.717, 1.165) is 11.1 Å². The molecule has 0 radical (unpaired) electrons. The predicted octanol–water partition coefficient (Wildman–Crippen LogP) is 3.06. The Morgan fingerprint density at radius 2 is 1.54 bits per heavy atom. The normalized spacial score (nSPS) is 12.5. The second-order valence-corrected chi connectivity index (χ2v) is 7.68. The first-order chi connectivity index (χ1) is 12.3. The summed E-state index contributed by atoms with van der Waals surface area (Å²) in [4.78, 5) is 23.3. The van der Waals surface area contributed by atoms with Crippen LogP contribution in [0.2, 0.25) is 0 Å². The van der Waals surface area contributed by atoms with Crippen LogP contribution in [0.1, 0.15) is 38.8 Å². The predicted molar refractivity (Wildman–Crippen MR) is 98.9 cm³/mol. The van der Waals surface area contributed by atoms with Gasteiger partial charge < -0.3 is 19.1 Å². The van der Waals surface area contributed by atoms with Crippen molar-refractivity contribution in [3.8, 4) is 0 Å². The summed E-state index contributed by atoms with van der Waals surface area (Å²) in [6.45, 7) is 7.48. The van der Waals surface area contributed by atoms with Crippen molar-refractivity contribution in [2.45, 2.75) is 46.3 Å². The number of hydrogen-bond donors (Lipinski definition) is 1. The summed E-state index contributed by atoms with van der Waals surface area (Å²) in [6, 6.07) is 6.54. The Balaban J connectivity index is 2.82. The third kappa shape index (κ3) is 7.68. The molecule has 0 aliphatic heterocycles. The zero-order valence-corrected chi connectivity index (χ0v) is 16.7. The van der Waals surface area contributed by atoms with Crippen LogP contribution in [0.4, 0.5) is 0 Å². The molecule has 0 fully saturated rings. The third-order valence-corrected chi connectivity index (χ3v) is 5.49. The lowest BCUT2D eigenvalue weighted by molar-refractivity contribution is -0.147. The first-order valence-electron chi connectivity index (χ1n) is 8.73. The topological polar surface area (TPSA) is 90.9 Å². The van der Waals surface area contributed by atoms with Crippen molar-refractivity contribution >= 4 is 19.5 Å². The molecule has 0 heterocycles. The Labute approximate surface area is 154 Å². The lowest BCUT2D eigenvalue weighted by Crippen LogP contribution is -2.42. The molecule has 0 saturated carbocycles. The molecule has 8 heteroatoms. The highest BCUT2D eigenvalue weighted by atomic mass is 31.2. The van der Waals surface area contributed by atoms with Crippen LogP contribution in [-0.2, 0) is 40.5 Å². The summed E-state index contributed by atoms with van der Waals surface area (Å²) in [7, 11) is -3.16. The molecule has 0 spiro atoms. The van der Waals surface area contributed by atoms with Crippen LogP contribution in [0, 0.1) is 0 Å². The number of amides is 1. The maximum Gasteiger partial charge on any atom is 0.335 e. The molecule has 0 bridgehead atoms. The molecule has 146 valence electrons. The van der Waals surface area contributed by atoms with Gasteiger partial charge >= 0.3 is 13.6 Å². The molecule has 26 heavy (non-hydrogen) atoms. The van der Waals surface area contributed by atoms with Crippen molar-refractivity contribution in [1.29, 1.82) is 0 Å². The fourth-order valence-electron chi connectivity index (χ4n) is 2.44. The summed E-state index contributed by atoms with van der Waals surface area (Å²) in [5.74, 6) is -0.766. The highest BCUT2D eigenvalue weighted by Gasteiger charge is 2.24. The van der Waals surface area contributed by atoms with Gasteiger partial charge in [0.05, 0.1) is 26.0 Å². The molecule has 0 aromatic heterocycles. The Kier molecular flexibility index (Phi) is 9.55. The van der Waals surface area contributed by atoms with E-state index in [2.05, 4.69) is 5.32 Å². The van der Waals surface area contributed by atoms with E-state index in [0.29, 0.717) is 19.6 Å². The van der Waals surface area contributed by atoms with Gasteiger partial charge in [0.1, 0.15) is 6.04 Å². The molecule has 1 amide bonds. The number of esters is 1. The van der Waals surface area contributed by atoms with E-state index in [1.54, 1.807) is 20.8 Å². The van der Waals surface area contributed by atoms with E-state index >= 15 is 0 Å². The van der Waals surface area contributed by atoms with Gasteiger partial charge in [-0.2, -0.15) is 0 Å². The molecule has 0 saturated heterocycles. The van der Waals surface area contributed by atoms with Gasteiger partial charge in [-0.25, -0.2) is 4.79 Å². The van der Waals surface area contributed by atoms with Crippen LogP contribution in [0.5, 0.6) is 0 Å². The summed E-state index contributed by atoms with van der Waals surface area (Å²) in [5.41, 5.74) is 1.66. The lowest BCUT2D eigenvalue weighted by Gasteiger charge is -2.18. The summed E-state index contributed by atoms with van der Waals surface area (Å²) in [6.07, 6.45) is 0.495. The quantitative estimate of drug-likeness (QED) is 0.465. The van der Waals surface area contributed by atoms with Crippen LogP contribution < -0.4 is 5.32 Å². The SMILES string of the molecule is CCOC(=O)[C@@H](Cc1ccc(CP(=O)(OCC)OCC)cc1)NC(C)=O. The highest BCUT2D eigenvalue weighted by Crippen LogP contribution is 2.51. The first-order valence-corrected chi connectivity index (χ1v) is 10.5. The van der Waals surface area contributed by atoms with Crippen molar-refractivity contribution in [3.63, 3.8) is 0 Å². The average Bonchev–Trinajstić information content (AvgIpc) is 2.56. The Bertz CT molecular complexity index is 621. The Hall–Kier alpha value is -1.69. The van der Waals surface area contributed by atoms with Gasteiger partial charge in [0.2, 0.25) is 5.91 Å². The van der Waals surface area contributed by atoms with E-state index in [1.165, 1.54) is 6.92 Å². The lowest BCUT2D eigenvalue weighted by atomic mass is 10.0. The molecule has 0 aliphatic rings. The third-order valence-electron chi connectivity index (χ3n) is 3.44. The number of ether oxygens (including phenoxy) is 1. The summed E-state index contributed by atoms with van der Waals surface area (Å²) in [5, 5.41) is 2.60. The maximum absolute atomic E-state index is 12.6. The monoisotopic (exact) mass is 385 g/mol. The van der Waals surface area contributed by atoms with Gasteiger partial charge in [-0.05, 0) is 31.9 Å². The van der Waals surface area contributed by atoms with Gasteiger partial charge in [0, 0.05) is 13.3 Å². The zero-order valence-electron chi connectivity index (χ0n) is 15.8. The van der Waals surface area contributed by atoms with Gasteiger partial charge in [0.25, 0.3) is 0 Å². The van der Waals surface area contributed by atoms with E-state index in [-0.39, 0.29) is 18.7 Å². The minimum atomic E-state index is -3.16. The number of rotatable bonds is 11. The molecule has 1 atom stereocenters. The largest absolute Gasteiger partial charge is 0.464 e. The fourth-order valence-corrected chi connectivity index (χ4v) is 4.15. The number of carbonyl (C=O) groups is 2. The van der Waals surface area contributed by atoms with Crippen LogP contribution >= 0.6 is 7.60 Å². The highest BCUT2D eigenvalue weighted by molar-refractivity contribution is 7.53. The molecule has 0 unspecified atom stereocenters. The van der Waals surface area contributed by atoms with Crippen molar-refractivity contribution in [2.24, 2.45) is 0 Å². The van der Waals surface area contributed by atoms with Crippen LogP contribution in [0.25, 0.3) is 0 Å². The summed E-state index contributed by atoms with van der Waals surface area (Å²) < 4.78 is 28.2. The van der Waals surface area contributed by atoms with Crippen LogP contribution in [0.15, 0.2) is 24.3 Å².